The maximum atomic E-state index is 12.6. The van der Waals surface area contributed by atoms with E-state index in [2.05, 4.69) is 10.2 Å². The predicted octanol–water partition coefficient (Wildman–Crippen LogP) is 2.42. The standard InChI is InChI=1S/C22H31N3O4/c1-15-5-6-16(2)19(12-15)23-20(26)14-24(18-7-8-18)11-9-21(27)25-10-3-4-17(13-25)22(28)29/h5-6,12,17-18H,3-4,7-11,13-14H2,1-2H3,(H,23,26)(H,28,29). The normalized spacial score (nSPS) is 19.3. The van der Waals surface area contributed by atoms with Gasteiger partial charge in [0.25, 0.3) is 0 Å². The summed E-state index contributed by atoms with van der Waals surface area (Å²) in [6.45, 7) is 5.67. The summed E-state index contributed by atoms with van der Waals surface area (Å²) in [6, 6.07) is 6.33. The van der Waals surface area contributed by atoms with E-state index in [0.717, 1.165) is 36.1 Å². The summed E-state index contributed by atoms with van der Waals surface area (Å²) in [5.74, 6) is -1.38. The Kier molecular flexibility index (Phi) is 6.90. The van der Waals surface area contributed by atoms with Gasteiger partial charge < -0.3 is 15.3 Å². The van der Waals surface area contributed by atoms with Crippen LogP contribution in [-0.2, 0) is 14.4 Å². The maximum Gasteiger partial charge on any atom is 0.308 e. The number of aryl methyl sites for hydroxylation is 2. The van der Waals surface area contributed by atoms with Crippen LogP contribution in [0.3, 0.4) is 0 Å². The lowest BCUT2D eigenvalue weighted by Crippen LogP contribution is -2.44. The van der Waals surface area contributed by atoms with Gasteiger partial charge in [-0.25, -0.2) is 0 Å². The first kappa shape index (κ1) is 21.3. The van der Waals surface area contributed by atoms with Gasteiger partial charge >= 0.3 is 5.97 Å². The zero-order chi connectivity index (χ0) is 21.0. The van der Waals surface area contributed by atoms with Crippen LogP contribution >= 0.6 is 0 Å². The van der Waals surface area contributed by atoms with Crippen LogP contribution in [0.15, 0.2) is 18.2 Å². The van der Waals surface area contributed by atoms with Crippen molar-refractivity contribution in [2.45, 2.75) is 52.0 Å². The number of rotatable bonds is 8. The van der Waals surface area contributed by atoms with Crippen LogP contribution in [0.5, 0.6) is 0 Å². The number of nitrogens with zero attached hydrogens (tertiary/aromatic N) is 2. The van der Waals surface area contributed by atoms with Gasteiger partial charge in [-0.15, -0.1) is 0 Å². The van der Waals surface area contributed by atoms with E-state index in [0.29, 0.717) is 38.5 Å². The van der Waals surface area contributed by atoms with Gasteiger partial charge in [-0.05, 0) is 56.7 Å². The molecule has 1 aromatic carbocycles. The lowest BCUT2D eigenvalue weighted by molar-refractivity contribution is -0.145. The van der Waals surface area contributed by atoms with Gasteiger partial charge in [-0.1, -0.05) is 12.1 Å². The molecule has 0 spiro atoms. The molecule has 2 N–H and O–H groups in total. The van der Waals surface area contributed by atoms with Crippen LogP contribution in [0, 0.1) is 19.8 Å². The molecule has 2 fully saturated rings. The highest BCUT2D eigenvalue weighted by Gasteiger charge is 2.32. The fourth-order valence-electron chi connectivity index (χ4n) is 3.88. The SMILES string of the molecule is Cc1ccc(C)c(NC(=O)CN(CCC(=O)N2CCCC(C(=O)O)C2)C2CC2)c1. The minimum atomic E-state index is -0.828. The molecule has 1 aliphatic heterocycles. The van der Waals surface area contributed by atoms with Gasteiger partial charge in [0.2, 0.25) is 11.8 Å². The molecule has 2 aliphatic rings. The number of carbonyl (C=O) groups excluding carboxylic acids is 2. The van der Waals surface area contributed by atoms with E-state index in [1.807, 2.05) is 32.0 Å². The maximum absolute atomic E-state index is 12.6. The molecule has 1 unspecified atom stereocenters. The fourth-order valence-corrected chi connectivity index (χ4v) is 3.88. The summed E-state index contributed by atoms with van der Waals surface area (Å²) < 4.78 is 0. The Labute approximate surface area is 172 Å². The lowest BCUT2D eigenvalue weighted by atomic mass is 9.98. The van der Waals surface area contributed by atoms with Crippen LogP contribution in [-0.4, -0.2) is 64.9 Å². The number of carboxylic acids is 1. The second kappa shape index (κ2) is 9.39. The van der Waals surface area contributed by atoms with Crippen molar-refractivity contribution < 1.29 is 19.5 Å². The molecule has 3 rings (SSSR count). The summed E-state index contributed by atoms with van der Waals surface area (Å²) in [7, 11) is 0. The number of piperidine rings is 1. The summed E-state index contributed by atoms with van der Waals surface area (Å²) in [6.07, 6.45) is 3.78. The molecule has 1 saturated carbocycles. The van der Waals surface area contributed by atoms with Crippen molar-refractivity contribution in [1.29, 1.82) is 0 Å². The van der Waals surface area contributed by atoms with Crippen molar-refractivity contribution in [3.05, 3.63) is 29.3 Å². The Hall–Kier alpha value is -2.41. The second-order valence-electron chi connectivity index (χ2n) is 8.34. The van der Waals surface area contributed by atoms with Crippen molar-refractivity contribution in [3.63, 3.8) is 0 Å². The molecule has 0 radical (unpaired) electrons. The van der Waals surface area contributed by atoms with Gasteiger partial charge in [0, 0.05) is 37.8 Å². The molecule has 1 heterocycles. The number of hydrogen-bond acceptors (Lipinski definition) is 4. The Morgan fingerprint density at radius 1 is 1.21 bits per heavy atom. The minimum absolute atomic E-state index is 0.0171. The van der Waals surface area contributed by atoms with Crippen molar-refractivity contribution in [3.8, 4) is 0 Å². The predicted molar refractivity (Wildman–Crippen MR) is 111 cm³/mol. The summed E-state index contributed by atoms with van der Waals surface area (Å²) in [5.41, 5.74) is 2.95. The molecular weight excluding hydrogens is 370 g/mol. The number of carboxylic acid groups (broad SMARTS) is 1. The average Bonchev–Trinajstić information content (AvgIpc) is 3.53. The van der Waals surface area contributed by atoms with Crippen LogP contribution in [0.25, 0.3) is 0 Å². The first-order valence-electron chi connectivity index (χ1n) is 10.4. The van der Waals surface area contributed by atoms with E-state index in [-0.39, 0.29) is 18.4 Å². The van der Waals surface area contributed by atoms with Gasteiger partial charge in [0.15, 0.2) is 0 Å². The molecule has 0 aromatic heterocycles. The highest BCUT2D eigenvalue weighted by Crippen LogP contribution is 2.27. The number of anilines is 1. The molecular formula is C22H31N3O4. The fraction of sp³-hybridized carbons (Fsp3) is 0.591. The molecule has 1 aromatic rings. The minimum Gasteiger partial charge on any atom is -0.481 e. The first-order chi connectivity index (χ1) is 13.8. The van der Waals surface area contributed by atoms with E-state index in [1.165, 1.54) is 0 Å². The third-order valence-corrected chi connectivity index (χ3v) is 5.81. The molecule has 1 atom stereocenters. The van der Waals surface area contributed by atoms with Gasteiger partial charge in [0.1, 0.15) is 0 Å². The molecule has 0 bridgehead atoms. The van der Waals surface area contributed by atoms with E-state index in [9.17, 15) is 19.5 Å². The van der Waals surface area contributed by atoms with E-state index in [4.69, 9.17) is 0 Å². The average molecular weight is 402 g/mol. The molecule has 29 heavy (non-hydrogen) atoms. The number of hydrogen-bond donors (Lipinski definition) is 2. The number of carbonyl (C=O) groups is 3. The van der Waals surface area contributed by atoms with Crippen LogP contribution in [0.2, 0.25) is 0 Å². The van der Waals surface area contributed by atoms with Crippen LogP contribution < -0.4 is 5.32 Å². The second-order valence-corrected chi connectivity index (χ2v) is 8.34. The Bertz CT molecular complexity index is 775. The third kappa shape index (κ3) is 6.03. The molecule has 7 nitrogen and oxygen atoms in total. The highest BCUT2D eigenvalue weighted by molar-refractivity contribution is 5.93. The van der Waals surface area contributed by atoms with Crippen molar-refractivity contribution in [2.24, 2.45) is 5.92 Å². The summed E-state index contributed by atoms with van der Waals surface area (Å²) in [4.78, 5) is 40.1. The van der Waals surface area contributed by atoms with Crippen molar-refractivity contribution >= 4 is 23.5 Å². The number of amides is 2. The first-order valence-corrected chi connectivity index (χ1v) is 10.4. The molecule has 7 heteroatoms. The quantitative estimate of drug-likeness (QED) is 0.698. The van der Waals surface area contributed by atoms with E-state index in [1.54, 1.807) is 4.90 Å². The smallest absolute Gasteiger partial charge is 0.308 e. The molecule has 2 amide bonds. The van der Waals surface area contributed by atoms with Crippen LogP contribution in [0.4, 0.5) is 5.69 Å². The molecule has 1 aliphatic carbocycles. The number of nitrogens with one attached hydrogen (secondary N) is 1. The number of aliphatic carboxylic acids is 1. The number of benzene rings is 1. The Balaban J connectivity index is 1.51. The Morgan fingerprint density at radius 2 is 1.97 bits per heavy atom. The topological polar surface area (TPSA) is 90.0 Å². The van der Waals surface area contributed by atoms with Crippen molar-refractivity contribution in [1.82, 2.24) is 9.80 Å². The third-order valence-electron chi connectivity index (χ3n) is 5.81. The van der Waals surface area contributed by atoms with Gasteiger partial charge in [0.05, 0.1) is 12.5 Å². The van der Waals surface area contributed by atoms with Crippen LogP contribution in [0.1, 0.15) is 43.2 Å². The zero-order valence-corrected chi connectivity index (χ0v) is 17.3. The van der Waals surface area contributed by atoms with E-state index >= 15 is 0 Å². The lowest BCUT2D eigenvalue weighted by Gasteiger charge is -2.31. The van der Waals surface area contributed by atoms with Gasteiger partial charge in [-0.3, -0.25) is 19.3 Å². The molecule has 158 valence electrons. The zero-order valence-electron chi connectivity index (χ0n) is 17.3. The van der Waals surface area contributed by atoms with Crippen molar-refractivity contribution in [2.75, 3.05) is 31.5 Å². The largest absolute Gasteiger partial charge is 0.481 e. The number of likely N-dealkylation sites (tertiary alicyclic amines) is 1. The molecule has 1 saturated heterocycles. The summed E-state index contributed by atoms with van der Waals surface area (Å²) in [5, 5.41) is 12.2. The monoisotopic (exact) mass is 401 g/mol. The summed E-state index contributed by atoms with van der Waals surface area (Å²) >= 11 is 0. The highest BCUT2D eigenvalue weighted by atomic mass is 16.4. The van der Waals surface area contributed by atoms with Gasteiger partial charge in [-0.2, -0.15) is 0 Å². The van der Waals surface area contributed by atoms with E-state index < -0.39 is 11.9 Å². The Morgan fingerprint density at radius 3 is 2.66 bits per heavy atom.